The molecule has 2 N–H and O–H groups in total. The molecule has 0 amide bonds. The normalized spacial score (nSPS) is 13.8. The monoisotopic (exact) mass is 411 g/mol. The van der Waals surface area contributed by atoms with Crippen LogP contribution in [-0.2, 0) is 5.41 Å². The fourth-order valence-electron chi connectivity index (χ4n) is 4.37. The van der Waals surface area contributed by atoms with Crippen LogP contribution in [0.1, 0.15) is 45.0 Å². The molecule has 1 aromatic carbocycles. The Morgan fingerprint density at radius 2 is 2.03 bits per heavy atom. The van der Waals surface area contributed by atoms with Gasteiger partial charge in [0.2, 0.25) is 0 Å². The van der Waals surface area contributed by atoms with Crippen molar-refractivity contribution < 1.29 is 9.13 Å². The fraction of sp³-hybridized carbons (Fsp3) is 0.409. The van der Waals surface area contributed by atoms with Crippen molar-refractivity contribution in [2.75, 3.05) is 24.6 Å². The molecule has 3 aromatic rings. The van der Waals surface area contributed by atoms with Gasteiger partial charge in [0.1, 0.15) is 18.8 Å². The number of H-pyrrole nitrogens is 2. The average molecular weight is 411 g/mol. The van der Waals surface area contributed by atoms with E-state index in [2.05, 4.69) is 25.1 Å². The molecule has 8 heteroatoms. The minimum absolute atomic E-state index is 0.214. The van der Waals surface area contributed by atoms with Crippen LogP contribution in [0.25, 0.3) is 11.3 Å². The number of aromatic nitrogens is 4. The van der Waals surface area contributed by atoms with Crippen LogP contribution in [0.15, 0.2) is 35.4 Å². The van der Waals surface area contributed by atoms with Crippen molar-refractivity contribution in [2.24, 2.45) is 0 Å². The first-order valence-electron chi connectivity index (χ1n) is 10.4. The molecule has 0 radical (unpaired) electrons. The van der Waals surface area contributed by atoms with Gasteiger partial charge in [-0.2, -0.15) is 0 Å². The van der Waals surface area contributed by atoms with E-state index in [1.165, 1.54) is 12.4 Å². The van der Waals surface area contributed by atoms with Gasteiger partial charge in [0.25, 0.3) is 5.56 Å². The Morgan fingerprint density at radius 1 is 1.23 bits per heavy atom. The third-order valence-corrected chi connectivity index (χ3v) is 6.17. The highest BCUT2D eigenvalue weighted by molar-refractivity contribution is 5.72. The highest BCUT2D eigenvalue weighted by Gasteiger charge is 2.36. The largest absolute Gasteiger partial charge is 0.486 e. The van der Waals surface area contributed by atoms with Crippen LogP contribution in [-0.4, -0.2) is 39.9 Å². The Labute approximate surface area is 174 Å². The highest BCUT2D eigenvalue weighted by Crippen LogP contribution is 2.39. The molecule has 1 aliphatic rings. The maximum Gasteiger partial charge on any atom is 0.252 e. The summed E-state index contributed by atoms with van der Waals surface area (Å²) in [6.45, 7) is 7.99. The van der Waals surface area contributed by atoms with Crippen molar-refractivity contribution in [1.29, 1.82) is 0 Å². The number of halogens is 1. The van der Waals surface area contributed by atoms with Gasteiger partial charge in [0.05, 0.1) is 17.6 Å². The lowest BCUT2D eigenvalue weighted by Crippen LogP contribution is -2.34. The van der Waals surface area contributed by atoms with Crippen LogP contribution < -0.4 is 15.2 Å². The van der Waals surface area contributed by atoms with Gasteiger partial charge in [-0.25, -0.2) is 4.39 Å². The number of ether oxygens (including phenoxy) is 1. The number of benzene rings is 1. The number of anilines is 1. The summed E-state index contributed by atoms with van der Waals surface area (Å²) in [7, 11) is 0. The summed E-state index contributed by atoms with van der Waals surface area (Å²) in [5.41, 5.74) is 1.72. The molecule has 3 heterocycles. The number of nitrogens with zero attached hydrogens (tertiary/aromatic N) is 3. The Hall–Kier alpha value is -3.16. The molecule has 0 bridgehead atoms. The quantitative estimate of drug-likeness (QED) is 0.647. The average Bonchev–Trinajstić information content (AvgIpc) is 3.31. The van der Waals surface area contributed by atoms with E-state index in [-0.39, 0.29) is 11.3 Å². The first kappa shape index (κ1) is 20.1. The first-order chi connectivity index (χ1) is 14.5. The van der Waals surface area contributed by atoms with Gasteiger partial charge in [0, 0.05) is 23.4 Å². The Morgan fingerprint density at radius 3 is 2.67 bits per heavy atom. The Kier molecular flexibility index (Phi) is 5.32. The van der Waals surface area contributed by atoms with Gasteiger partial charge >= 0.3 is 0 Å². The van der Waals surface area contributed by atoms with Crippen LogP contribution in [0.3, 0.4) is 0 Å². The predicted octanol–water partition coefficient (Wildman–Crippen LogP) is 3.62. The second-order valence-electron chi connectivity index (χ2n) is 7.48. The van der Waals surface area contributed by atoms with Gasteiger partial charge in [-0.05, 0) is 38.0 Å². The lowest BCUT2D eigenvalue weighted by molar-refractivity contribution is 0.292. The van der Waals surface area contributed by atoms with Crippen LogP contribution in [0.4, 0.5) is 10.1 Å². The molecule has 7 nitrogen and oxygen atoms in total. The number of fused-ring (bicyclic) bond motifs is 1. The zero-order chi connectivity index (χ0) is 21.3. The first-order valence-corrected chi connectivity index (χ1v) is 10.4. The second kappa shape index (κ2) is 7.93. The van der Waals surface area contributed by atoms with Crippen LogP contribution in [0, 0.1) is 5.82 Å². The van der Waals surface area contributed by atoms with E-state index >= 15 is 0 Å². The molecule has 0 atom stereocenters. The topological polar surface area (TPSA) is 86.9 Å². The summed E-state index contributed by atoms with van der Waals surface area (Å²) < 4.78 is 20.3. The lowest BCUT2D eigenvalue weighted by Gasteiger charge is -2.31. The van der Waals surface area contributed by atoms with Gasteiger partial charge in [-0.1, -0.05) is 19.9 Å². The third kappa shape index (κ3) is 3.16. The number of nitrogens with one attached hydrogen (secondary N) is 2. The number of hydrogen-bond donors (Lipinski definition) is 2. The van der Waals surface area contributed by atoms with Gasteiger partial charge < -0.3 is 19.6 Å². The summed E-state index contributed by atoms with van der Waals surface area (Å²) in [6.07, 6.45) is 2.91. The summed E-state index contributed by atoms with van der Waals surface area (Å²) >= 11 is 0. The van der Waals surface area contributed by atoms with Gasteiger partial charge in [-0.3, -0.25) is 4.79 Å². The van der Waals surface area contributed by atoms with E-state index in [9.17, 15) is 9.18 Å². The molecule has 4 rings (SSSR count). The molecule has 0 unspecified atom stereocenters. The molecule has 30 heavy (non-hydrogen) atoms. The zero-order valence-corrected chi connectivity index (χ0v) is 17.5. The standard InChI is InChI=1S/C22H26FN5O2/c1-4-22(5-2,21-24-13-25-27-21)15-7-8-17(26-20(15)29)14-11-16(23)19-18(12-14)28(6-3)9-10-30-19/h7-8,11-13H,4-6,9-10H2,1-3H3,(H,26,29)(H,24,25,27). The number of aromatic amines is 2. The maximum absolute atomic E-state index is 14.7. The molecule has 0 saturated heterocycles. The third-order valence-electron chi connectivity index (χ3n) is 6.17. The van der Waals surface area contributed by atoms with Crippen LogP contribution in [0.5, 0.6) is 5.75 Å². The summed E-state index contributed by atoms with van der Waals surface area (Å²) in [6, 6.07) is 6.92. The fourth-order valence-corrected chi connectivity index (χ4v) is 4.37. The minimum Gasteiger partial charge on any atom is -0.486 e. The van der Waals surface area contributed by atoms with Gasteiger partial charge in [0.15, 0.2) is 11.6 Å². The van der Waals surface area contributed by atoms with Crippen molar-refractivity contribution in [3.8, 4) is 17.0 Å². The Balaban J connectivity index is 1.79. The number of rotatable bonds is 6. The molecule has 0 fully saturated rings. The summed E-state index contributed by atoms with van der Waals surface area (Å²) in [5.74, 6) is 0.511. The molecule has 0 spiro atoms. The molecule has 1 aliphatic heterocycles. The van der Waals surface area contributed by atoms with Crippen molar-refractivity contribution >= 4 is 5.69 Å². The van der Waals surface area contributed by atoms with Crippen LogP contribution in [0.2, 0.25) is 0 Å². The molecule has 0 aliphatic carbocycles. The molecule has 0 saturated carbocycles. The van der Waals surface area contributed by atoms with E-state index < -0.39 is 11.2 Å². The predicted molar refractivity (Wildman–Crippen MR) is 114 cm³/mol. The van der Waals surface area contributed by atoms with E-state index in [0.29, 0.717) is 54.3 Å². The Bertz CT molecular complexity index is 1090. The maximum atomic E-state index is 14.7. The van der Waals surface area contributed by atoms with Crippen molar-refractivity contribution in [3.05, 3.63) is 58.2 Å². The van der Waals surface area contributed by atoms with Crippen molar-refractivity contribution in [1.82, 2.24) is 20.2 Å². The van der Waals surface area contributed by atoms with E-state index in [0.717, 1.165) is 6.54 Å². The summed E-state index contributed by atoms with van der Waals surface area (Å²) in [4.78, 5) is 21.2. The molecule has 2 aromatic heterocycles. The number of likely N-dealkylation sites (N-methyl/N-ethyl adjacent to an activating group) is 1. The lowest BCUT2D eigenvalue weighted by atomic mass is 9.75. The molecular formula is C22H26FN5O2. The van der Waals surface area contributed by atoms with Crippen LogP contribution >= 0.6 is 0 Å². The number of hydrogen-bond acceptors (Lipinski definition) is 5. The zero-order valence-electron chi connectivity index (χ0n) is 17.5. The van der Waals surface area contributed by atoms with E-state index in [4.69, 9.17) is 4.74 Å². The second-order valence-corrected chi connectivity index (χ2v) is 7.48. The van der Waals surface area contributed by atoms with E-state index in [1.807, 2.05) is 39.0 Å². The smallest absolute Gasteiger partial charge is 0.252 e. The highest BCUT2D eigenvalue weighted by atomic mass is 19.1. The molecule has 158 valence electrons. The SMILES string of the molecule is CCN1CCOc2c(F)cc(-c3ccc(C(CC)(CC)c4nnc[nH]4)c(=O)[nH]3)cc21. The number of pyridine rings is 1. The van der Waals surface area contributed by atoms with Crippen molar-refractivity contribution in [3.63, 3.8) is 0 Å². The summed E-state index contributed by atoms with van der Waals surface area (Å²) in [5, 5.41) is 8.07. The van der Waals surface area contributed by atoms with Gasteiger partial charge in [-0.15, -0.1) is 10.2 Å². The minimum atomic E-state index is -0.559. The van der Waals surface area contributed by atoms with Crippen molar-refractivity contribution in [2.45, 2.75) is 39.0 Å². The molecular weight excluding hydrogens is 385 g/mol. The van der Waals surface area contributed by atoms with E-state index in [1.54, 1.807) is 0 Å².